The largest absolute Gasteiger partial charge is 0.305 e. The van der Waals surface area contributed by atoms with Gasteiger partial charge in [-0.2, -0.15) is 0 Å². The summed E-state index contributed by atoms with van der Waals surface area (Å²) in [6.45, 7) is 0. The van der Waals surface area contributed by atoms with E-state index in [4.69, 9.17) is 11.6 Å². The zero-order chi connectivity index (χ0) is 16.5. The highest BCUT2D eigenvalue weighted by Gasteiger charge is 2.14. The summed E-state index contributed by atoms with van der Waals surface area (Å²) in [5, 5.41) is 4.92. The highest BCUT2D eigenvalue weighted by molar-refractivity contribution is 7.18. The fourth-order valence-corrected chi connectivity index (χ4v) is 4.33. The van der Waals surface area contributed by atoms with Crippen molar-refractivity contribution in [1.29, 1.82) is 0 Å². The lowest BCUT2D eigenvalue weighted by Gasteiger charge is -2.01. The molecule has 0 fully saturated rings. The van der Waals surface area contributed by atoms with E-state index in [9.17, 15) is 4.79 Å². The molecule has 0 aliphatic rings. The van der Waals surface area contributed by atoms with Crippen LogP contribution in [0.4, 0.5) is 0 Å². The zero-order valence-electron chi connectivity index (χ0n) is 12.2. The molecule has 0 radical (unpaired) electrons. The molecule has 0 saturated carbocycles. The van der Waals surface area contributed by atoms with Crippen LogP contribution < -0.4 is 5.56 Å². The van der Waals surface area contributed by atoms with E-state index < -0.39 is 0 Å². The summed E-state index contributed by atoms with van der Waals surface area (Å²) in [4.78, 5) is 25.6. The third-order valence-electron chi connectivity index (χ3n) is 3.43. The lowest BCUT2D eigenvalue weighted by atomic mass is 10.2. The van der Waals surface area contributed by atoms with Gasteiger partial charge in [0, 0.05) is 28.2 Å². The number of hydrogen-bond donors (Lipinski definition) is 1. The Morgan fingerprint density at radius 3 is 2.92 bits per heavy atom. The highest BCUT2D eigenvalue weighted by atomic mass is 35.5. The van der Waals surface area contributed by atoms with E-state index in [1.807, 2.05) is 35.0 Å². The molecule has 7 heteroatoms. The molecule has 0 aromatic carbocycles. The van der Waals surface area contributed by atoms with Gasteiger partial charge >= 0.3 is 0 Å². The number of halogens is 1. The number of rotatable bonds is 3. The molecular formula is C17H10ClN3OS2. The number of nitrogens with zero attached hydrogens (tertiary/aromatic N) is 2. The molecule has 0 aliphatic heterocycles. The number of H-pyrrole nitrogens is 1. The van der Waals surface area contributed by atoms with Crippen LogP contribution in [-0.2, 0) is 0 Å². The van der Waals surface area contributed by atoms with Crippen LogP contribution in [0.25, 0.3) is 31.8 Å². The molecule has 0 unspecified atom stereocenters. The number of pyridine rings is 1. The molecule has 24 heavy (non-hydrogen) atoms. The van der Waals surface area contributed by atoms with Crippen LogP contribution in [0.1, 0.15) is 11.4 Å². The molecule has 0 saturated heterocycles. The molecule has 118 valence electrons. The molecule has 1 N–H and O–H groups in total. The van der Waals surface area contributed by atoms with Gasteiger partial charge in [0.05, 0.1) is 10.4 Å². The molecule has 0 amide bonds. The molecule has 0 spiro atoms. The molecule has 4 heterocycles. The summed E-state index contributed by atoms with van der Waals surface area (Å²) < 4.78 is 0. The van der Waals surface area contributed by atoms with Crippen LogP contribution in [0.3, 0.4) is 0 Å². The Bertz CT molecular complexity index is 1080. The first-order valence-corrected chi connectivity index (χ1v) is 9.19. The highest BCUT2D eigenvalue weighted by Crippen LogP contribution is 2.34. The van der Waals surface area contributed by atoms with E-state index >= 15 is 0 Å². The molecule has 4 nitrogen and oxygen atoms in total. The summed E-state index contributed by atoms with van der Waals surface area (Å²) in [6.07, 6.45) is 5.11. The summed E-state index contributed by atoms with van der Waals surface area (Å²) in [6, 6.07) is 7.66. The normalized spacial score (nSPS) is 12.0. The quantitative estimate of drug-likeness (QED) is 0.560. The van der Waals surface area contributed by atoms with Crippen molar-refractivity contribution in [1.82, 2.24) is 15.0 Å². The van der Waals surface area contributed by atoms with Crippen molar-refractivity contribution >= 4 is 55.6 Å². The van der Waals surface area contributed by atoms with E-state index in [-0.39, 0.29) is 5.56 Å². The van der Waals surface area contributed by atoms with Crippen molar-refractivity contribution < 1.29 is 0 Å². The maximum absolute atomic E-state index is 12.6. The molecular weight excluding hydrogens is 362 g/mol. The van der Waals surface area contributed by atoms with Gasteiger partial charge in [0.1, 0.15) is 4.83 Å². The monoisotopic (exact) mass is 371 g/mol. The summed E-state index contributed by atoms with van der Waals surface area (Å²) in [7, 11) is 0. The summed E-state index contributed by atoms with van der Waals surface area (Å²) in [5.74, 6) is 0.359. The predicted octanol–water partition coefficient (Wildman–Crippen LogP) is 4.85. The second-order valence-corrected chi connectivity index (χ2v) is 7.21. The lowest BCUT2D eigenvalue weighted by Crippen LogP contribution is -2.10. The summed E-state index contributed by atoms with van der Waals surface area (Å²) in [5.41, 5.74) is 1.57. The molecule has 4 aromatic heterocycles. The molecule has 0 aliphatic carbocycles. The Morgan fingerprint density at radius 1 is 1.25 bits per heavy atom. The maximum Gasteiger partial charge on any atom is 0.260 e. The molecule has 0 bridgehead atoms. The Hall–Kier alpha value is -2.28. The molecule has 0 atom stereocenters. The van der Waals surface area contributed by atoms with E-state index in [0.29, 0.717) is 21.1 Å². The summed E-state index contributed by atoms with van der Waals surface area (Å²) >= 11 is 9.37. The standard InChI is InChI=1S/C17H10ClN3OS2/c18-12(7-10-3-1-5-19-8-10)15-20-16(22)14-11(9-24-17(14)21-15)13-4-2-6-23-13/h1-9H,(H,20,21,22)/b12-7+. The van der Waals surface area contributed by atoms with Crippen LogP contribution in [0.2, 0.25) is 0 Å². The fraction of sp³-hybridized carbons (Fsp3) is 0. The van der Waals surface area contributed by atoms with Crippen LogP contribution in [0.15, 0.2) is 52.2 Å². The van der Waals surface area contributed by atoms with Crippen molar-refractivity contribution in [2.45, 2.75) is 0 Å². The van der Waals surface area contributed by atoms with Gasteiger partial charge in [-0.05, 0) is 29.2 Å². The fourth-order valence-electron chi connectivity index (χ4n) is 2.35. The van der Waals surface area contributed by atoms with Crippen LogP contribution >= 0.6 is 34.3 Å². The maximum atomic E-state index is 12.6. The van der Waals surface area contributed by atoms with Gasteiger partial charge < -0.3 is 4.98 Å². The number of aromatic amines is 1. The first kappa shape index (κ1) is 15.3. The van der Waals surface area contributed by atoms with Crippen molar-refractivity contribution in [3.8, 4) is 10.4 Å². The van der Waals surface area contributed by atoms with Crippen LogP contribution in [-0.4, -0.2) is 15.0 Å². The first-order valence-electron chi connectivity index (χ1n) is 7.05. The SMILES string of the molecule is O=c1[nH]c(/C(Cl)=C\c2cccnc2)nc2scc(-c3cccs3)c12. The van der Waals surface area contributed by atoms with E-state index in [2.05, 4.69) is 15.0 Å². The zero-order valence-corrected chi connectivity index (χ0v) is 14.6. The van der Waals surface area contributed by atoms with Gasteiger partial charge in [0.2, 0.25) is 0 Å². The minimum Gasteiger partial charge on any atom is -0.305 e. The second kappa shape index (κ2) is 6.32. The van der Waals surface area contributed by atoms with Gasteiger partial charge in [-0.1, -0.05) is 23.7 Å². The topological polar surface area (TPSA) is 58.6 Å². The van der Waals surface area contributed by atoms with Gasteiger partial charge in [-0.25, -0.2) is 4.98 Å². The van der Waals surface area contributed by atoms with E-state index in [1.54, 1.807) is 29.8 Å². The van der Waals surface area contributed by atoms with Crippen molar-refractivity contribution in [3.05, 3.63) is 69.2 Å². The number of fused-ring (bicyclic) bond motifs is 1. The average molecular weight is 372 g/mol. The number of thiophene rings is 2. The Labute approximate surface area is 150 Å². The Balaban J connectivity index is 1.82. The number of hydrogen-bond acceptors (Lipinski definition) is 5. The molecule has 4 aromatic rings. The van der Waals surface area contributed by atoms with Gasteiger partial charge in [0.25, 0.3) is 5.56 Å². The van der Waals surface area contributed by atoms with Crippen molar-refractivity contribution in [3.63, 3.8) is 0 Å². The van der Waals surface area contributed by atoms with Crippen molar-refractivity contribution in [2.75, 3.05) is 0 Å². The van der Waals surface area contributed by atoms with Gasteiger partial charge in [0.15, 0.2) is 5.82 Å². The predicted molar refractivity (Wildman–Crippen MR) is 102 cm³/mol. The Kier molecular flexibility index (Phi) is 4.02. The minimum absolute atomic E-state index is 0.183. The second-order valence-electron chi connectivity index (χ2n) is 5.00. The van der Waals surface area contributed by atoms with E-state index in [1.165, 1.54) is 11.3 Å². The van der Waals surface area contributed by atoms with Crippen LogP contribution in [0.5, 0.6) is 0 Å². The minimum atomic E-state index is -0.183. The third kappa shape index (κ3) is 2.80. The van der Waals surface area contributed by atoms with Gasteiger partial charge in [-0.15, -0.1) is 22.7 Å². The Morgan fingerprint density at radius 2 is 2.17 bits per heavy atom. The van der Waals surface area contributed by atoms with Gasteiger partial charge in [-0.3, -0.25) is 9.78 Å². The average Bonchev–Trinajstić information content (AvgIpc) is 3.24. The van der Waals surface area contributed by atoms with Crippen LogP contribution in [0, 0.1) is 0 Å². The van der Waals surface area contributed by atoms with Crippen molar-refractivity contribution in [2.24, 2.45) is 0 Å². The smallest absolute Gasteiger partial charge is 0.260 e. The third-order valence-corrected chi connectivity index (χ3v) is 5.50. The lowest BCUT2D eigenvalue weighted by molar-refractivity contribution is 1.14. The first-order chi connectivity index (χ1) is 11.7. The number of nitrogens with one attached hydrogen (secondary N) is 1. The molecule has 4 rings (SSSR count). The number of aromatic nitrogens is 3. The van der Waals surface area contributed by atoms with E-state index in [0.717, 1.165) is 16.0 Å².